The predicted octanol–water partition coefficient (Wildman–Crippen LogP) is 3.23. The second-order valence-electron chi connectivity index (χ2n) is 4.82. The molecule has 18 heavy (non-hydrogen) atoms. The molecular formula is C13H17N3OS. The first kappa shape index (κ1) is 11.9. The van der Waals surface area contributed by atoms with E-state index in [-0.39, 0.29) is 6.04 Å². The maximum absolute atomic E-state index is 6.12. The summed E-state index contributed by atoms with van der Waals surface area (Å²) in [5, 5.41) is 6.12. The Morgan fingerprint density at radius 3 is 2.89 bits per heavy atom. The van der Waals surface area contributed by atoms with Gasteiger partial charge in [0.1, 0.15) is 6.04 Å². The molecule has 0 saturated heterocycles. The van der Waals surface area contributed by atoms with Crippen LogP contribution in [-0.4, -0.2) is 10.1 Å². The van der Waals surface area contributed by atoms with Gasteiger partial charge in [-0.15, -0.1) is 11.3 Å². The van der Waals surface area contributed by atoms with Crippen LogP contribution >= 0.6 is 11.3 Å². The lowest BCUT2D eigenvalue weighted by atomic mass is 9.89. The quantitative estimate of drug-likeness (QED) is 0.923. The van der Waals surface area contributed by atoms with Crippen LogP contribution in [0.5, 0.6) is 0 Å². The van der Waals surface area contributed by atoms with Gasteiger partial charge in [-0.25, -0.2) is 0 Å². The Hall–Kier alpha value is -1.20. The predicted molar refractivity (Wildman–Crippen MR) is 70.5 cm³/mol. The molecule has 2 aromatic rings. The first-order valence-electron chi connectivity index (χ1n) is 6.47. The van der Waals surface area contributed by atoms with Crippen molar-refractivity contribution < 1.29 is 4.52 Å². The number of nitrogens with zero attached hydrogens (tertiary/aromatic N) is 2. The third kappa shape index (κ3) is 2.33. The molecule has 2 aromatic heterocycles. The normalized spacial score (nSPS) is 18.9. The van der Waals surface area contributed by atoms with Crippen molar-refractivity contribution in [3.8, 4) is 0 Å². The molecule has 4 nitrogen and oxygen atoms in total. The Morgan fingerprint density at radius 2 is 2.17 bits per heavy atom. The summed E-state index contributed by atoms with van der Waals surface area (Å²) in [5.74, 6) is 1.85. The van der Waals surface area contributed by atoms with E-state index >= 15 is 0 Å². The molecule has 1 unspecified atom stereocenters. The summed E-state index contributed by atoms with van der Waals surface area (Å²) in [6.07, 6.45) is 6.22. The van der Waals surface area contributed by atoms with Gasteiger partial charge >= 0.3 is 0 Å². The molecule has 1 saturated carbocycles. The highest BCUT2D eigenvalue weighted by Crippen LogP contribution is 2.32. The van der Waals surface area contributed by atoms with E-state index in [1.807, 2.05) is 17.5 Å². The SMILES string of the molecule is NC(c1nc(C2CCCCC2)no1)c1cccs1. The van der Waals surface area contributed by atoms with Crippen LogP contribution in [0.15, 0.2) is 22.0 Å². The topological polar surface area (TPSA) is 64.9 Å². The maximum atomic E-state index is 6.12. The summed E-state index contributed by atoms with van der Waals surface area (Å²) in [6, 6.07) is 3.70. The molecule has 1 aliphatic rings. The van der Waals surface area contributed by atoms with Gasteiger partial charge < -0.3 is 10.3 Å². The minimum absolute atomic E-state index is 0.283. The summed E-state index contributed by atoms with van der Waals surface area (Å²) in [7, 11) is 0. The third-order valence-electron chi connectivity index (χ3n) is 3.54. The van der Waals surface area contributed by atoms with Crippen molar-refractivity contribution in [1.29, 1.82) is 0 Å². The number of rotatable bonds is 3. The average molecular weight is 263 g/mol. The van der Waals surface area contributed by atoms with Gasteiger partial charge in [-0.3, -0.25) is 0 Å². The monoisotopic (exact) mass is 263 g/mol. The summed E-state index contributed by atoms with van der Waals surface area (Å²) in [6.45, 7) is 0. The van der Waals surface area contributed by atoms with Crippen molar-refractivity contribution in [1.82, 2.24) is 10.1 Å². The lowest BCUT2D eigenvalue weighted by Crippen LogP contribution is -2.11. The zero-order chi connectivity index (χ0) is 12.4. The Balaban J connectivity index is 1.76. The highest BCUT2D eigenvalue weighted by atomic mass is 32.1. The number of hydrogen-bond donors (Lipinski definition) is 1. The van der Waals surface area contributed by atoms with Crippen LogP contribution in [0, 0.1) is 0 Å². The summed E-state index contributed by atoms with van der Waals surface area (Å²) < 4.78 is 5.32. The highest BCUT2D eigenvalue weighted by molar-refractivity contribution is 7.10. The van der Waals surface area contributed by atoms with E-state index in [2.05, 4.69) is 10.1 Å². The second-order valence-corrected chi connectivity index (χ2v) is 5.80. The molecule has 5 heteroatoms. The fourth-order valence-electron chi connectivity index (χ4n) is 2.49. The van der Waals surface area contributed by atoms with E-state index in [9.17, 15) is 0 Å². The van der Waals surface area contributed by atoms with Gasteiger partial charge in [0.05, 0.1) is 0 Å². The lowest BCUT2D eigenvalue weighted by Gasteiger charge is -2.17. The summed E-state index contributed by atoms with van der Waals surface area (Å²) in [4.78, 5) is 5.56. The lowest BCUT2D eigenvalue weighted by molar-refractivity contribution is 0.351. The molecule has 0 radical (unpaired) electrons. The Labute approximate surface area is 110 Å². The largest absolute Gasteiger partial charge is 0.337 e. The second kappa shape index (κ2) is 5.20. The van der Waals surface area contributed by atoms with Crippen LogP contribution in [-0.2, 0) is 0 Å². The molecule has 0 bridgehead atoms. The van der Waals surface area contributed by atoms with Crippen LogP contribution in [0.3, 0.4) is 0 Å². The van der Waals surface area contributed by atoms with Crippen molar-refractivity contribution in [2.75, 3.05) is 0 Å². The Bertz CT molecular complexity index is 488. The molecule has 1 aliphatic carbocycles. The number of aromatic nitrogens is 2. The molecule has 0 spiro atoms. The standard InChI is InChI=1S/C13H17N3OS/c14-11(10-7-4-8-18-10)13-15-12(16-17-13)9-5-2-1-3-6-9/h4,7-9,11H,1-3,5-6,14H2. The van der Waals surface area contributed by atoms with Crippen molar-refractivity contribution in [3.63, 3.8) is 0 Å². The van der Waals surface area contributed by atoms with Gasteiger partial charge in [0, 0.05) is 10.8 Å². The first-order valence-corrected chi connectivity index (χ1v) is 7.35. The van der Waals surface area contributed by atoms with Gasteiger partial charge in [-0.2, -0.15) is 4.98 Å². The van der Waals surface area contributed by atoms with Crippen LogP contribution in [0.2, 0.25) is 0 Å². The average Bonchev–Trinajstić information content (AvgIpc) is 3.10. The van der Waals surface area contributed by atoms with Crippen molar-refractivity contribution in [3.05, 3.63) is 34.1 Å². The molecule has 3 rings (SSSR count). The zero-order valence-corrected chi connectivity index (χ0v) is 11.0. The van der Waals surface area contributed by atoms with Gasteiger partial charge in [0.15, 0.2) is 5.82 Å². The number of nitrogens with two attached hydrogens (primary N) is 1. The van der Waals surface area contributed by atoms with E-state index in [1.54, 1.807) is 11.3 Å². The smallest absolute Gasteiger partial charge is 0.248 e. The minimum atomic E-state index is -0.283. The molecule has 0 aliphatic heterocycles. The van der Waals surface area contributed by atoms with Crippen molar-refractivity contribution >= 4 is 11.3 Å². The van der Waals surface area contributed by atoms with Crippen LogP contribution in [0.1, 0.15) is 60.7 Å². The van der Waals surface area contributed by atoms with Gasteiger partial charge in [-0.1, -0.05) is 30.5 Å². The summed E-state index contributed by atoms with van der Waals surface area (Å²) in [5.41, 5.74) is 6.12. The molecule has 0 amide bonds. The minimum Gasteiger partial charge on any atom is -0.337 e. The van der Waals surface area contributed by atoms with E-state index < -0.39 is 0 Å². The fraction of sp³-hybridized carbons (Fsp3) is 0.538. The van der Waals surface area contributed by atoms with Crippen LogP contribution in [0.4, 0.5) is 0 Å². The summed E-state index contributed by atoms with van der Waals surface area (Å²) >= 11 is 1.62. The van der Waals surface area contributed by atoms with Crippen molar-refractivity contribution in [2.24, 2.45) is 5.73 Å². The molecule has 1 fully saturated rings. The van der Waals surface area contributed by atoms with Gasteiger partial charge in [0.25, 0.3) is 0 Å². The van der Waals surface area contributed by atoms with E-state index in [0.29, 0.717) is 11.8 Å². The van der Waals surface area contributed by atoms with Crippen LogP contribution in [0.25, 0.3) is 0 Å². The number of hydrogen-bond acceptors (Lipinski definition) is 5. The maximum Gasteiger partial charge on any atom is 0.248 e. The third-order valence-corrected chi connectivity index (χ3v) is 4.50. The van der Waals surface area contributed by atoms with E-state index in [1.165, 1.54) is 32.1 Å². The molecule has 96 valence electrons. The van der Waals surface area contributed by atoms with Crippen molar-refractivity contribution in [2.45, 2.75) is 44.1 Å². The number of thiophene rings is 1. The molecule has 0 aromatic carbocycles. The Kier molecular flexibility index (Phi) is 3.43. The first-order chi connectivity index (χ1) is 8.84. The zero-order valence-electron chi connectivity index (χ0n) is 10.2. The van der Waals surface area contributed by atoms with E-state index in [4.69, 9.17) is 10.3 Å². The van der Waals surface area contributed by atoms with Gasteiger partial charge in [0.2, 0.25) is 5.89 Å². The molecule has 1 atom stereocenters. The van der Waals surface area contributed by atoms with Crippen LogP contribution < -0.4 is 5.73 Å². The fourth-order valence-corrected chi connectivity index (χ4v) is 3.21. The Morgan fingerprint density at radius 1 is 1.33 bits per heavy atom. The van der Waals surface area contributed by atoms with E-state index in [0.717, 1.165) is 10.7 Å². The molecule has 2 heterocycles. The highest BCUT2D eigenvalue weighted by Gasteiger charge is 2.23. The molecular weight excluding hydrogens is 246 g/mol. The van der Waals surface area contributed by atoms with Gasteiger partial charge in [-0.05, 0) is 24.3 Å². The molecule has 2 N–H and O–H groups in total.